The van der Waals surface area contributed by atoms with Gasteiger partial charge in [0.2, 0.25) is 0 Å². The Morgan fingerprint density at radius 2 is 0.714 bits per heavy atom. The Morgan fingerprint density at radius 1 is 0.286 bits per heavy atom. The Bertz CT molecular complexity index is 3640. The maximum absolute atomic E-state index is 4.93. The van der Waals surface area contributed by atoms with E-state index in [4.69, 9.17) is 9.97 Å². The molecule has 0 aliphatic carbocycles. The summed E-state index contributed by atoms with van der Waals surface area (Å²) in [6, 6.07) is 76.8. The monoisotopic (exact) mass is 803 g/mol. The Hall–Kier alpha value is -8.54. The fraction of sp³-hybridized carbons (Fsp3) is 0. The number of aromatic nitrogens is 4. The van der Waals surface area contributed by atoms with E-state index < -0.39 is 0 Å². The summed E-state index contributed by atoms with van der Waals surface area (Å²) >= 11 is 0. The highest BCUT2D eigenvalue weighted by Crippen LogP contribution is 2.42. The highest BCUT2D eigenvalue weighted by Gasteiger charge is 2.19. The number of nitrogens with zero attached hydrogens (tertiary/aromatic N) is 5. The van der Waals surface area contributed by atoms with Crippen LogP contribution in [0.15, 0.2) is 225 Å². The Kier molecular flexibility index (Phi) is 7.84. The minimum Gasteiger partial charge on any atom is -0.310 e. The first-order chi connectivity index (χ1) is 31.3. The zero-order chi connectivity index (χ0) is 41.4. The van der Waals surface area contributed by atoms with Gasteiger partial charge in [-0.3, -0.25) is 9.97 Å². The third-order valence-electron chi connectivity index (χ3n) is 12.8. The van der Waals surface area contributed by atoms with Crippen LogP contribution in [0.25, 0.3) is 98.7 Å². The van der Waals surface area contributed by atoms with Crippen LogP contribution in [-0.4, -0.2) is 19.1 Å². The molecule has 294 valence electrons. The van der Waals surface area contributed by atoms with E-state index in [1.54, 1.807) is 12.4 Å². The number of benzene rings is 10. The normalized spacial score (nSPS) is 11.8. The van der Waals surface area contributed by atoms with Crippen molar-refractivity contribution in [1.82, 2.24) is 19.1 Å². The van der Waals surface area contributed by atoms with E-state index in [0.717, 1.165) is 66.6 Å². The van der Waals surface area contributed by atoms with Crippen LogP contribution in [0.1, 0.15) is 0 Å². The Balaban J connectivity index is 1.00. The van der Waals surface area contributed by atoms with Crippen molar-refractivity contribution in [3.63, 3.8) is 0 Å². The maximum atomic E-state index is 4.93. The first-order valence-electron chi connectivity index (χ1n) is 21.4. The van der Waals surface area contributed by atoms with E-state index >= 15 is 0 Å². The van der Waals surface area contributed by atoms with Crippen LogP contribution < -0.4 is 4.90 Å². The first-order valence-corrected chi connectivity index (χ1v) is 21.4. The summed E-state index contributed by atoms with van der Waals surface area (Å²) in [5.41, 5.74) is 14.3. The summed E-state index contributed by atoms with van der Waals surface area (Å²) in [6.45, 7) is 0. The molecule has 0 radical (unpaired) electrons. The molecule has 3 aromatic heterocycles. The number of hydrogen-bond donors (Lipinski definition) is 0. The van der Waals surface area contributed by atoms with Crippen LogP contribution in [-0.2, 0) is 0 Å². The van der Waals surface area contributed by atoms with E-state index in [1.165, 1.54) is 49.2 Å². The molecule has 13 aromatic rings. The van der Waals surface area contributed by atoms with Gasteiger partial charge >= 0.3 is 0 Å². The lowest BCUT2D eigenvalue weighted by Gasteiger charge is -2.27. The van der Waals surface area contributed by atoms with Gasteiger partial charge in [0.1, 0.15) is 0 Å². The molecule has 0 spiro atoms. The summed E-state index contributed by atoms with van der Waals surface area (Å²) in [5.74, 6) is 0. The number of rotatable bonds is 6. The molecule has 0 atom stereocenters. The average molecular weight is 804 g/mol. The van der Waals surface area contributed by atoms with E-state index in [9.17, 15) is 0 Å². The zero-order valence-corrected chi connectivity index (χ0v) is 34.1. The second kappa shape index (κ2) is 14.0. The van der Waals surface area contributed by atoms with Gasteiger partial charge in [0.15, 0.2) is 0 Å². The molecule has 13 rings (SSSR count). The highest BCUT2D eigenvalue weighted by molar-refractivity contribution is 6.24. The van der Waals surface area contributed by atoms with Crippen molar-refractivity contribution in [3.05, 3.63) is 225 Å². The van der Waals surface area contributed by atoms with Crippen molar-refractivity contribution >= 4 is 93.3 Å². The molecule has 0 amide bonds. The van der Waals surface area contributed by atoms with Crippen molar-refractivity contribution in [2.75, 3.05) is 4.90 Å². The summed E-state index contributed by atoms with van der Waals surface area (Å²) in [5, 5.41) is 9.42. The van der Waals surface area contributed by atoms with E-state index in [-0.39, 0.29) is 0 Å². The number of anilines is 3. The smallest absolute Gasteiger partial charge is 0.0971 e. The number of hydrogen-bond acceptors (Lipinski definition) is 3. The van der Waals surface area contributed by atoms with Gasteiger partial charge in [0, 0.05) is 73.1 Å². The third-order valence-corrected chi connectivity index (χ3v) is 12.8. The fourth-order valence-corrected chi connectivity index (χ4v) is 9.97. The van der Waals surface area contributed by atoms with E-state index in [1.807, 2.05) is 0 Å². The molecule has 0 aliphatic heterocycles. The molecule has 5 nitrogen and oxygen atoms in total. The van der Waals surface area contributed by atoms with Gasteiger partial charge < -0.3 is 14.0 Å². The minimum absolute atomic E-state index is 0.898. The second-order valence-corrected chi connectivity index (χ2v) is 16.2. The molecule has 3 heterocycles. The molecular weight excluding hydrogens is 767 g/mol. The van der Waals surface area contributed by atoms with Crippen LogP contribution >= 0.6 is 0 Å². The topological polar surface area (TPSA) is 38.9 Å². The highest BCUT2D eigenvalue weighted by atomic mass is 15.1. The lowest BCUT2D eigenvalue weighted by Crippen LogP contribution is -2.10. The molecular formula is C58H37N5. The minimum atomic E-state index is 0.898. The van der Waals surface area contributed by atoms with Crippen LogP contribution in [0.5, 0.6) is 0 Å². The van der Waals surface area contributed by atoms with Gasteiger partial charge in [0.05, 0.1) is 33.1 Å². The zero-order valence-electron chi connectivity index (χ0n) is 34.1. The largest absolute Gasteiger partial charge is 0.310 e. The lowest BCUT2D eigenvalue weighted by atomic mass is 9.95. The van der Waals surface area contributed by atoms with Gasteiger partial charge in [-0.05, 0) is 113 Å². The third kappa shape index (κ3) is 5.50. The van der Waals surface area contributed by atoms with Crippen molar-refractivity contribution in [1.29, 1.82) is 0 Å². The summed E-state index contributed by atoms with van der Waals surface area (Å²) in [6.07, 6.45) is 3.59. The fourth-order valence-electron chi connectivity index (χ4n) is 9.97. The summed E-state index contributed by atoms with van der Waals surface area (Å²) in [7, 11) is 0. The van der Waals surface area contributed by atoms with E-state index in [2.05, 4.69) is 226 Å². The molecule has 0 unspecified atom stereocenters. The van der Waals surface area contributed by atoms with Crippen LogP contribution in [0, 0.1) is 0 Å². The quantitative estimate of drug-likeness (QED) is 0.157. The van der Waals surface area contributed by atoms with Crippen molar-refractivity contribution < 1.29 is 0 Å². The van der Waals surface area contributed by atoms with Crippen LogP contribution in [0.2, 0.25) is 0 Å². The van der Waals surface area contributed by atoms with Crippen molar-refractivity contribution in [2.45, 2.75) is 0 Å². The number of para-hydroxylation sites is 4. The summed E-state index contributed by atoms with van der Waals surface area (Å²) < 4.78 is 4.74. The van der Waals surface area contributed by atoms with Crippen molar-refractivity contribution in [3.8, 4) is 22.5 Å². The first kappa shape index (κ1) is 35.2. The molecule has 63 heavy (non-hydrogen) atoms. The summed E-state index contributed by atoms with van der Waals surface area (Å²) in [4.78, 5) is 12.2. The molecule has 0 saturated carbocycles. The van der Waals surface area contributed by atoms with Gasteiger partial charge in [-0.15, -0.1) is 0 Å². The molecule has 0 saturated heterocycles. The molecule has 5 heteroatoms. The number of fused-ring (bicyclic) bond motifs is 12. The Morgan fingerprint density at radius 3 is 1.22 bits per heavy atom. The molecule has 0 N–H and O–H groups in total. The Labute approximate surface area is 363 Å². The predicted molar refractivity (Wildman–Crippen MR) is 263 cm³/mol. The standard InChI is InChI=1S/C58H37N5/c1-2-12-38(13-3-1)39-22-32-45-51-37-44(31-33-50(51)57-58(52(45)36-39)60-35-34-59-57)61(40-23-27-42(28-24-40)62-53-18-8-4-14-46(53)47-15-5-9-19-54(47)62)41-25-29-43(30-26-41)63-55-20-10-6-16-48(55)49-17-7-11-21-56(49)63/h1-37H. The van der Waals surface area contributed by atoms with Crippen LogP contribution in [0.3, 0.4) is 0 Å². The van der Waals surface area contributed by atoms with Crippen molar-refractivity contribution in [2.24, 2.45) is 0 Å². The van der Waals surface area contributed by atoms with Gasteiger partial charge in [-0.25, -0.2) is 0 Å². The average Bonchev–Trinajstić information content (AvgIpc) is 3.88. The molecule has 0 aliphatic rings. The SMILES string of the molecule is c1ccc(-c2ccc3c4cc(N(c5ccc(-n6c7ccccc7c7ccccc76)cc5)c5ccc(-n6c7ccccc7c7ccccc76)cc5)ccc4c4nccnc4c3c2)cc1. The van der Waals surface area contributed by atoms with Gasteiger partial charge in [-0.1, -0.05) is 121 Å². The van der Waals surface area contributed by atoms with Crippen LogP contribution in [0.4, 0.5) is 17.1 Å². The predicted octanol–water partition coefficient (Wildman–Crippen LogP) is 15.3. The van der Waals surface area contributed by atoms with Gasteiger partial charge in [-0.2, -0.15) is 0 Å². The van der Waals surface area contributed by atoms with Gasteiger partial charge in [0.25, 0.3) is 0 Å². The molecule has 0 fully saturated rings. The lowest BCUT2D eigenvalue weighted by molar-refractivity contribution is 1.17. The van der Waals surface area contributed by atoms with E-state index in [0.29, 0.717) is 0 Å². The maximum Gasteiger partial charge on any atom is 0.0971 e. The molecule has 10 aromatic carbocycles. The second-order valence-electron chi connectivity index (χ2n) is 16.2. The molecule has 0 bridgehead atoms.